The van der Waals surface area contributed by atoms with Gasteiger partial charge in [0.1, 0.15) is 0 Å². The zero-order valence-corrected chi connectivity index (χ0v) is 14.5. The monoisotopic (exact) mass is 333 g/mol. The van der Waals surface area contributed by atoms with Gasteiger partial charge in [0, 0.05) is 52.4 Å². The normalized spacial score (nSPS) is 28.5. The quantitative estimate of drug-likeness (QED) is 0.575. The van der Waals surface area contributed by atoms with E-state index in [-0.39, 0.29) is 29.5 Å². The number of ether oxygens (including phenoxy) is 1. The summed E-state index contributed by atoms with van der Waals surface area (Å²) in [5.41, 5.74) is 0. The molecule has 2 aliphatic heterocycles. The average Bonchev–Trinajstić information content (AvgIpc) is 2.76. The van der Waals surface area contributed by atoms with E-state index in [9.17, 15) is 13.2 Å². The van der Waals surface area contributed by atoms with E-state index in [4.69, 9.17) is 4.74 Å². The molecule has 0 N–H and O–H groups in total. The van der Waals surface area contributed by atoms with E-state index in [2.05, 4.69) is 4.90 Å². The molecule has 8 heteroatoms. The molecule has 7 nitrogen and oxygen atoms in total. The standard InChI is InChI=1S/C14H27N3O4S/c1-4-21-8-7-16-5-6-17(9-14(18)15(2)3)13-11-22(19,20)10-12(13)16/h12-13H,4-11H2,1-3H3/t12-,13+/m1/s1. The Kier molecular flexibility index (Phi) is 5.81. The van der Waals surface area contributed by atoms with Crippen LogP contribution in [0.3, 0.4) is 0 Å². The number of likely N-dealkylation sites (N-methyl/N-ethyl adjacent to an activating group) is 1. The van der Waals surface area contributed by atoms with Crippen LogP contribution in [0, 0.1) is 0 Å². The van der Waals surface area contributed by atoms with Gasteiger partial charge in [-0.1, -0.05) is 0 Å². The maximum Gasteiger partial charge on any atom is 0.236 e. The molecule has 2 aliphatic rings. The highest BCUT2D eigenvalue weighted by atomic mass is 32.2. The minimum Gasteiger partial charge on any atom is -0.380 e. The summed E-state index contributed by atoms with van der Waals surface area (Å²) in [5, 5.41) is 0. The maximum absolute atomic E-state index is 12.1. The van der Waals surface area contributed by atoms with Crippen LogP contribution in [0.4, 0.5) is 0 Å². The van der Waals surface area contributed by atoms with Crippen LogP contribution in [0.25, 0.3) is 0 Å². The van der Waals surface area contributed by atoms with Gasteiger partial charge in [-0.25, -0.2) is 8.42 Å². The van der Waals surface area contributed by atoms with Crippen LogP contribution in [-0.4, -0.2) is 106 Å². The van der Waals surface area contributed by atoms with Gasteiger partial charge in [-0.05, 0) is 6.92 Å². The molecule has 1 amide bonds. The molecule has 0 radical (unpaired) electrons. The lowest BCUT2D eigenvalue weighted by Crippen LogP contribution is -2.60. The first kappa shape index (κ1) is 17.7. The largest absolute Gasteiger partial charge is 0.380 e. The minimum atomic E-state index is -3.03. The van der Waals surface area contributed by atoms with E-state index in [1.165, 1.54) is 0 Å². The lowest BCUT2D eigenvalue weighted by atomic mass is 10.0. The van der Waals surface area contributed by atoms with Gasteiger partial charge in [0.2, 0.25) is 5.91 Å². The zero-order chi connectivity index (χ0) is 16.3. The molecular formula is C14H27N3O4S. The molecule has 2 fully saturated rings. The Morgan fingerprint density at radius 2 is 1.77 bits per heavy atom. The van der Waals surface area contributed by atoms with E-state index in [1.807, 2.05) is 11.8 Å². The first-order valence-corrected chi connectivity index (χ1v) is 9.62. The minimum absolute atomic E-state index is 0.0193. The second-order valence-electron chi connectivity index (χ2n) is 6.20. The molecule has 2 rings (SSSR count). The fourth-order valence-electron chi connectivity index (χ4n) is 3.21. The molecule has 0 spiro atoms. The molecule has 0 aliphatic carbocycles. The summed E-state index contributed by atoms with van der Waals surface area (Å²) in [4.78, 5) is 17.8. The van der Waals surface area contributed by atoms with Crippen molar-refractivity contribution in [2.45, 2.75) is 19.0 Å². The van der Waals surface area contributed by atoms with Gasteiger partial charge in [0.05, 0.1) is 24.7 Å². The van der Waals surface area contributed by atoms with Gasteiger partial charge < -0.3 is 9.64 Å². The highest BCUT2D eigenvalue weighted by Crippen LogP contribution is 2.26. The molecule has 0 saturated carbocycles. The molecule has 0 aromatic heterocycles. The third kappa shape index (κ3) is 4.18. The zero-order valence-electron chi connectivity index (χ0n) is 13.7. The van der Waals surface area contributed by atoms with E-state index in [0.29, 0.717) is 19.8 Å². The summed E-state index contributed by atoms with van der Waals surface area (Å²) in [6.45, 7) is 5.80. The van der Waals surface area contributed by atoms with Gasteiger partial charge in [0.15, 0.2) is 9.84 Å². The van der Waals surface area contributed by atoms with Crippen molar-refractivity contribution < 1.29 is 17.9 Å². The molecule has 0 bridgehead atoms. The van der Waals surface area contributed by atoms with E-state index in [1.54, 1.807) is 19.0 Å². The van der Waals surface area contributed by atoms with Crippen molar-refractivity contribution in [1.82, 2.24) is 14.7 Å². The second-order valence-corrected chi connectivity index (χ2v) is 8.36. The van der Waals surface area contributed by atoms with Crippen LogP contribution in [0.5, 0.6) is 0 Å². The lowest BCUT2D eigenvalue weighted by Gasteiger charge is -2.43. The molecule has 0 aromatic rings. The number of nitrogens with zero attached hydrogens (tertiary/aromatic N) is 3. The van der Waals surface area contributed by atoms with E-state index >= 15 is 0 Å². The third-order valence-electron chi connectivity index (χ3n) is 4.47. The molecular weight excluding hydrogens is 306 g/mol. The fourth-order valence-corrected chi connectivity index (χ4v) is 5.25. The highest BCUT2D eigenvalue weighted by molar-refractivity contribution is 7.91. The molecule has 0 unspecified atom stereocenters. The molecule has 128 valence electrons. The van der Waals surface area contributed by atoms with Crippen molar-refractivity contribution in [2.75, 3.05) is 65.0 Å². The molecule has 2 saturated heterocycles. The van der Waals surface area contributed by atoms with Crippen LogP contribution in [-0.2, 0) is 19.4 Å². The summed E-state index contributed by atoms with van der Waals surface area (Å²) in [7, 11) is 0.421. The Hall–Kier alpha value is -0.700. The third-order valence-corrected chi connectivity index (χ3v) is 6.17. The van der Waals surface area contributed by atoms with Gasteiger partial charge in [0.25, 0.3) is 0 Å². The van der Waals surface area contributed by atoms with E-state index in [0.717, 1.165) is 19.6 Å². The number of carbonyl (C=O) groups excluding carboxylic acids is 1. The van der Waals surface area contributed by atoms with Crippen molar-refractivity contribution in [3.05, 3.63) is 0 Å². The number of hydrogen-bond donors (Lipinski definition) is 0. The van der Waals surface area contributed by atoms with Gasteiger partial charge in [-0.2, -0.15) is 0 Å². The summed E-state index contributed by atoms with van der Waals surface area (Å²) >= 11 is 0. The van der Waals surface area contributed by atoms with Crippen molar-refractivity contribution in [3.63, 3.8) is 0 Å². The molecule has 0 aromatic carbocycles. The maximum atomic E-state index is 12.1. The first-order valence-electron chi connectivity index (χ1n) is 7.80. The summed E-state index contributed by atoms with van der Waals surface area (Å²) in [5.74, 6) is 0.366. The number of fused-ring (bicyclic) bond motifs is 1. The Labute approximate surface area is 133 Å². The topological polar surface area (TPSA) is 70.2 Å². The smallest absolute Gasteiger partial charge is 0.236 e. The predicted molar refractivity (Wildman–Crippen MR) is 84.6 cm³/mol. The summed E-state index contributed by atoms with van der Waals surface area (Å²) in [6.07, 6.45) is 0. The van der Waals surface area contributed by atoms with Crippen LogP contribution in [0.15, 0.2) is 0 Å². The lowest BCUT2D eigenvalue weighted by molar-refractivity contribution is -0.131. The predicted octanol–water partition coefficient (Wildman–Crippen LogP) is -1.11. The number of rotatable bonds is 6. The number of hydrogen-bond acceptors (Lipinski definition) is 6. The van der Waals surface area contributed by atoms with Gasteiger partial charge in [-0.3, -0.25) is 14.6 Å². The number of sulfone groups is 1. The number of carbonyl (C=O) groups is 1. The van der Waals surface area contributed by atoms with Crippen molar-refractivity contribution in [1.29, 1.82) is 0 Å². The fraction of sp³-hybridized carbons (Fsp3) is 0.929. The average molecular weight is 333 g/mol. The Bertz CT molecular complexity index is 494. The number of piperazine rings is 1. The van der Waals surface area contributed by atoms with Crippen LogP contribution >= 0.6 is 0 Å². The van der Waals surface area contributed by atoms with Crippen LogP contribution < -0.4 is 0 Å². The highest BCUT2D eigenvalue weighted by Gasteiger charge is 2.46. The first-order chi connectivity index (χ1) is 10.3. The molecule has 2 atom stereocenters. The molecule has 22 heavy (non-hydrogen) atoms. The summed E-state index contributed by atoms with van der Waals surface area (Å²) < 4.78 is 29.5. The SMILES string of the molecule is CCOCCN1CCN(CC(=O)N(C)C)[C@H]2CS(=O)(=O)C[C@H]21. The van der Waals surface area contributed by atoms with E-state index < -0.39 is 9.84 Å². The van der Waals surface area contributed by atoms with Crippen LogP contribution in [0.1, 0.15) is 6.92 Å². The summed E-state index contributed by atoms with van der Waals surface area (Å²) in [6, 6.07) is -0.0987. The van der Waals surface area contributed by atoms with Gasteiger partial charge in [-0.15, -0.1) is 0 Å². The molecule has 2 heterocycles. The number of amides is 1. The van der Waals surface area contributed by atoms with Crippen molar-refractivity contribution in [3.8, 4) is 0 Å². The Morgan fingerprint density at radius 3 is 2.36 bits per heavy atom. The van der Waals surface area contributed by atoms with Gasteiger partial charge >= 0.3 is 0 Å². The Balaban J connectivity index is 2.05. The van der Waals surface area contributed by atoms with Crippen LogP contribution in [0.2, 0.25) is 0 Å². The van der Waals surface area contributed by atoms with Crippen molar-refractivity contribution in [2.24, 2.45) is 0 Å². The second kappa shape index (κ2) is 7.25. The van der Waals surface area contributed by atoms with Crippen molar-refractivity contribution >= 4 is 15.7 Å². The Morgan fingerprint density at radius 1 is 1.18 bits per heavy atom.